The van der Waals surface area contributed by atoms with Gasteiger partial charge in [-0.25, -0.2) is 0 Å². The second-order valence-electron chi connectivity index (χ2n) is 4.60. The molecule has 2 aromatic rings. The SMILES string of the molecule is CN(C)c1cccc(Nc2ccc(CC#N)cc2)c1. The van der Waals surface area contributed by atoms with E-state index in [9.17, 15) is 0 Å². The van der Waals surface area contributed by atoms with Gasteiger partial charge in [0.2, 0.25) is 0 Å². The molecule has 3 heteroatoms. The van der Waals surface area contributed by atoms with Gasteiger partial charge >= 0.3 is 0 Å². The molecule has 0 spiro atoms. The Labute approximate surface area is 114 Å². The summed E-state index contributed by atoms with van der Waals surface area (Å²) >= 11 is 0. The maximum Gasteiger partial charge on any atom is 0.0669 e. The molecule has 3 nitrogen and oxygen atoms in total. The summed E-state index contributed by atoms with van der Waals surface area (Å²) in [6.07, 6.45) is 0.455. The number of nitrogens with one attached hydrogen (secondary N) is 1. The molecule has 0 aliphatic carbocycles. The zero-order valence-electron chi connectivity index (χ0n) is 11.2. The van der Waals surface area contributed by atoms with E-state index in [1.165, 1.54) is 0 Å². The van der Waals surface area contributed by atoms with Crippen LogP contribution in [0.1, 0.15) is 5.56 Å². The molecule has 0 heterocycles. The Morgan fingerprint density at radius 3 is 2.42 bits per heavy atom. The molecule has 0 unspecified atom stereocenters. The molecule has 0 saturated carbocycles. The van der Waals surface area contributed by atoms with Crippen LogP contribution in [-0.4, -0.2) is 14.1 Å². The molecule has 0 aliphatic heterocycles. The van der Waals surface area contributed by atoms with Gasteiger partial charge in [-0.05, 0) is 35.9 Å². The van der Waals surface area contributed by atoms with Crippen LogP contribution in [0.25, 0.3) is 0 Å². The zero-order valence-corrected chi connectivity index (χ0v) is 11.2. The van der Waals surface area contributed by atoms with Gasteiger partial charge in [0.05, 0.1) is 12.5 Å². The van der Waals surface area contributed by atoms with Crippen LogP contribution in [0.5, 0.6) is 0 Å². The lowest BCUT2D eigenvalue weighted by molar-refractivity contribution is 1.13. The van der Waals surface area contributed by atoms with E-state index in [1.807, 2.05) is 50.5 Å². The first-order chi connectivity index (χ1) is 9.19. The molecule has 0 bridgehead atoms. The molecular formula is C16H17N3. The monoisotopic (exact) mass is 251 g/mol. The topological polar surface area (TPSA) is 39.1 Å². The summed E-state index contributed by atoms with van der Waals surface area (Å²) in [6.45, 7) is 0. The smallest absolute Gasteiger partial charge is 0.0669 e. The summed E-state index contributed by atoms with van der Waals surface area (Å²) < 4.78 is 0. The number of hydrogen-bond acceptors (Lipinski definition) is 3. The summed E-state index contributed by atoms with van der Waals surface area (Å²) in [7, 11) is 4.05. The molecule has 0 aromatic heterocycles. The van der Waals surface area contributed by atoms with Crippen LogP contribution in [0.15, 0.2) is 48.5 Å². The van der Waals surface area contributed by atoms with E-state index in [-0.39, 0.29) is 0 Å². The number of nitrogens with zero attached hydrogens (tertiary/aromatic N) is 2. The van der Waals surface area contributed by atoms with E-state index in [1.54, 1.807) is 0 Å². The third-order valence-electron chi connectivity index (χ3n) is 2.89. The highest BCUT2D eigenvalue weighted by atomic mass is 15.1. The predicted molar refractivity (Wildman–Crippen MR) is 79.8 cm³/mol. The standard InChI is InChI=1S/C16H17N3/c1-19(2)16-5-3-4-15(12-16)18-14-8-6-13(7-9-14)10-11-17/h3-9,12,18H,10H2,1-2H3. The molecule has 19 heavy (non-hydrogen) atoms. The summed E-state index contributed by atoms with van der Waals surface area (Å²) in [6, 6.07) is 18.3. The third-order valence-corrected chi connectivity index (χ3v) is 2.89. The molecule has 1 N–H and O–H groups in total. The van der Waals surface area contributed by atoms with Crippen LogP contribution in [0, 0.1) is 11.3 Å². The molecular weight excluding hydrogens is 234 g/mol. The van der Waals surface area contributed by atoms with Crippen LogP contribution in [-0.2, 0) is 6.42 Å². The molecule has 0 amide bonds. The van der Waals surface area contributed by atoms with Gasteiger partial charge in [0.25, 0.3) is 0 Å². The Bertz CT molecular complexity index is 580. The lowest BCUT2D eigenvalue weighted by Gasteiger charge is -2.14. The van der Waals surface area contributed by atoms with E-state index in [2.05, 4.69) is 28.4 Å². The van der Waals surface area contributed by atoms with Crippen molar-refractivity contribution in [1.82, 2.24) is 0 Å². The van der Waals surface area contributed by atoms with E-state index >= 15 is 0 Å². The van der Waals surface area contributed by atoms with E-state index in [4.69, 9.17) is 5.26 Å². The highest BCUT2D eigenvalue weighted by Crippen LogP contribution is 2.21. The van der Waals surface area contributed by atoms with Crippen molar-refractivity contribution in [3.8, 4) is 6.07 Å². The maximum absolute atomic E-state index is 8.64. The van der Waals surface area contributed by atoms with E-state index in [0.717, 1.165) is 22.6 Å². The van der Waals surface area contributed by atoms with Gasteiger partial charge in [-0.1, -0.05) is 18.2 Å². The number of benzene rings is 2. The predicted octanol–water partition coefficient (Wildman–Crippen LogP) is 3.56. The van der Waals surface area contributed by atoms with Crippen LogP contribution in [0.3, 0.4) is 0 Å². The first kappa shape index (κ1) is 13.0. The number of anilines is 3. The minimum Gasteiger partial charge on any atom is -0.378 e. The van der Waals surface area contributed by atoms with Gasteiger partial charge in [0, 0.05) is 31.2 Å². The van der Waals surface area contributed by atoms with Gasteiger partial charge < -0.3 is 10.2 Å². The average Bonchev–Trinajstić information content (AvgIpc) is 2.42. The Morgan fingerprint density at radius 2 is 1.79 bits per heavy atom. The molecule has 0 radical (unpaired) electrons. The van der Waals surface area contributed by atoms with Crippen molar-refractivity contribution in [2.24, 2.45) is 0 Å². The minimum atomic E-state index is 0.455. The maximum atomic E-state index is 8.64. The molecule has 96 valence electrons. The Morgan fingerprint density at radius 1 is 1.05 bits per heavy atom. The molecule has 2 rings (SSSR count). The second-order valence-corrected chi connectivity index (χ2v) is 4.60. The Kier molecular flexibility index (Phi) is 4.04. The number of rotatable bonds is 4. The molecule has 0 fully saturated rings. The summed E-state index contributed by atoms with van der Waals surface area (Å²) in [5.74, 6) is 0. The van der Waals surface area contributed by atoms with Crippen molar-refractivity contribution in [1.29, 1.82) is 5.26 Å². The van der Waals surface area contributed by atoms with Crippen molar-refractivity contribution in [2.75, 3.05) is 24.3 Å². The summed E-state index contributed by atoms with van der Waals surface area (Å²) in [5.41, 5.74) is 4.28. The van der Waals surface area contributed by atoms with Crippen LogP contribution >= 0.6 is 0 Å². The van der Waals surface area contributed by atoms with E-state index in [0.29, 0.717) is 6.42 Å². The van der Waals surface area contributed by atoms with Gasteiger partial charge in [-0.15, -0.1) is 0 Å². The fraction of sp³-hybridized carbons (Fsp3) is 0.188. The van der Waals surface area contributed by atoms with Crippen LogP contribution in [0.2, 0.25) is 0 Å². The van der Waals surface area contributed by atoms with Gasteiger partial charge in [0.1, 0.15) is 0 Å². The first-order valence-corrected chi connectivity index (χ1v) is 6.19. The van der Waals surface area contributed by atoms with Crippen molar-refractivity contribution in [2.45, 2.75) is 6.42 Å². The Balaban J connectivity index is 2.12. The second kappa shape index (κ2) is 5.92. The van der Waals surface area contributed by atoms with Gasteiger partial charge in [0.15, 0.2) is 0 Å². The van der Waals surface area contributed by atoms with Crippen molar-refractivity contribution < 1.29 is 0 Å². The van der Waals surface area contributed by atoms with Crippen molar-refractivity contribution in [3.63, 3.8) is 0 Å². The lowest BCUT2D eigenvalue weighted by atomic mass is 10.1. The summed E-state index contributed by atoms with van der Waals surface area (Å²) in [5, 5.41) is 12.0. The summed E-state index contributed by atoms with van der Waals surface area (Å²) in [4.78, 5) is 2.07. The largest absolute Gasteiger partial charge is 0.378 e. The molecule has 2 aromatic carbocycles. The third kappa shape index (κ3) is 3.49. The van der Waals surface area contributed by atoms with Crippen molar-refractivity contribution >= 4 is 17.1 Å². The minimum absolute atomic E-state index is 0.455. The van der Waals surface area contributed by atoms with E-state index < -0.39 is 0 Å². The van der Waals surface area contributed by atoms with Gasteiger partial charge in [-0.3, -0.25) is 0 Å². The Hall–Kier alpha value is -2.47. The normalized spacial score (nSPS) is 9.74. The van der Waals surface area contributed by atoms with Crippen molar-refractivity contribution in [3.05, 3.63) is 54.1 Å². The quantitative estimate of drug-likeness (QED) is 0.903. The molecule has 0 aliphatic rings. The number of nitriles is 1. The molecule has 0 atom stereocenters. The number of hydrogen-bond donors (Lipinski definition) is 1. The zero-order chi connectivity index (χ0) is 13.7. The fourth-order valence-electron chi connectivity index (χ4n) is 1.83. The lowest BCUT2D eigenvalue weighted by Crippen LogP contribution is -2.08. The highest BCUT2D eigenvalue weighted by molar-refractivity contribution is 5.65. The first-order valence-electron chi connectivity index (χ1n) is 6.19. The average molecular weight is 251 g/mol. The van der Waals surface area contributed by atoms with Crippen LogP contribution in [0.4, 0.5) is 17.1 Å². The van der Waals surface area contributed by atoms with Crippen LogP contribution < -0.4 is 10.2 Å². The highest BCUT2D eigenvalue weighted by Gasteiger charge is 1.99. The molecule has 0 saturated heterocycles. The fourth-order valence-corrected chi connectivity index (χ4v) is 1.83. The van der Waals surface area contributed by atoms with Gasteiger partial charge in [-0.2, -0.15) is 5.26 Å².